The lowest BCUT2D eigenvalue weighted by Gasteiger charge is -2.07. The number of sulfonamides is 1. The van der Waals surface area contributed by atoms with Crippen LogP contribution in [-0.4, -0.2) is 38.7 Å². The van der Waals surface area contributed by atoms with Gasteiger partial charge in [0.15, 0.2) is 0 Å². The minimum absolute atomic E-state index is 0.213. The van der Waals surface area contributed by atoms with Gasteiger partial charge >= 0.3 is 0 Å². The molecule has 104 valence electrons. The Kier molecular flexibility index (Phi) is 6.38. The van der Waals surface area contributed by atoms with E-state index < -0.39 is 10.0 Å². The summed E-state index contributed by atoms with van der Waals surface area (Å²) < 4.78 is 26.5. The van der Waals surface area contributed by atoms with Crippen molar-refractivity contribution in [2.45, 2.75) is 11.8 Å². The van der Waals surface area contributed by atoms with Crippen molar-refractivity contribution >= 4 is 21.8 Å². The molecule has 0 fully saturated rings. The van der Waals surface area contributed by atoms with Gasteiger partial charge in [-0.05, 0) is 36.9 Å². The molecular formula is C13H17NO3S2. The van der Waals surface area contributed by atoms with E-state index in [2.05, 4.69) is 16.6 Å². The minimum atomic E-state index is -3.45. The van der Waals surface area contributed by atoms with Gasteiger partial charge in [-0.2, -0.15) is 11.8 Å². The summed E-state index contributed by atoms with van der Waals surface area (Å²) in [6.45, 7) is 1.99. The van der Waals surface area contributed by atoms with E-state index in [0.29, 0.717) is 6.54 Å². The first-order chi connectivity index (χ1) is 9.01. The van der Waals surface area contributed by atoms with Crippen LogP contribution in [0.1, 0.15) is 11.1 Å². The second-order valence-electron chi connectivity index (χ2n) is 3.83. The van der Waals surface area contributed by atoms with Gasteiger partial charge < -0.3 is 5.11 Å². The molecule has 0 saturated heterocycles. The molecule has 0 aliphatic carbocycles. The fourth-order valence-corrected chi connectivity index (χ4v) is 2.99. The minimum Gasteiger partial charge on any atom is -0.384 e. The first-order valence-electron chi connectivity index (χ1n) is 5.70. The van der Waals surface area contributed by atoms with E-state index in [1.54, 1.807) is 30.8 Å². The Morgan fingerprint density at radius 2 is 2.16 bits per heavy atom. The zero-order valence-electron chi connectivity index (χ0n) is 10.9. The highest BCUT2D eigenvalue weighted by atomic mass is 32.2. The third kappa shape index (κ3) is 4.88. The molecular weight excluding hydrogens is 282 g/mol. The molecule has 0 aliphatic rings. The molecule has 0 bridgehead atoms. The summed E-state index contributed by atoms with van der Waals surface area (Å²) in [5.41, 5.74) is 1.49. The Labute approximate surface area is 118 Å². The van der Waals surface area contributed by atoms with Crippen molar-refractivity contribution in [2.75, 3.05) is 25.2 Å². The van der Waals surface area contributed by atoms with E-state index in [0.717, 1.165) is 16.9 Å². The van der Waals surface area contributed by atoms with Crippen LogP contribution in [0.4, 0.5) is 0 Å². The van der Waals surface area contributed by atoms with E-state index >= 15 is 0 Å². The summed E-state index contributed by atoms with van der Waals surface area (Å²) in [5, 5.41) is 8.64. The maximum Gasteiger partial charge on any atom is 0.240 e. The van der Waals surface area contributed by atoms with Crippen LogP contribution in [0.15, 0.2) is 23.1 Å². The molecule has 0 aliphatic heterocycles. The lowest BCUT2D eigenvalue weighted by molar-refractivity contribution is 0.350. The third-order valence-electron chi connectivity index (χ3n) is 2.41. The van der Waals surface area contributed by atoms with Crippen LogP contribution < -0.4 is 4.72 Å². The lowest BCUT2D eigenvalue weighted by atomic mass is 10.1. The van der Waals surface area contributed by atoms with E-state index in [9.17, 15) is 8.42 Å². The fourth-order valence-electron chi connectivity index (χ4n) is 1.44. The summed E-state index contributed by atoms with van der Waals surface area (Å²) in [6, 6.07) is 4.76. The molecule has 19 heavy (non-hydrogen) atoms. The van der Waals surface area contributed by atoms with Crippen LogP contribution in [0, 0.1) is 18.8 Å². The van der Waals surface area contributed by atoms with E-state index in [-0.39, 0.29) is 11.5 Å². The average molecular weight is 299 g/mol. The second kappa shape index (κ2) is 7.56. The SMILES string of the molecule is CSCCNS(=O)(=O)c1ccc(C#CCO)c(C)c1. The number of aryl methyl sites for hydroxylation is 1. The van der Waals surface area contributed by atoms with E-state index in [1.807, 2.05) is 6.26 Å². The first kappa shape index (κ1) is 16.1. The van der Waals surface area contributed by atoms with Gasteiger partial charge in [-0.25, -0.2) is 13.1 Å². The van der Waals surface area contributed by atoms with Crippen molar-refractivity contribution in [3.05, 3.63) is 29.3 Å². The molecule has 0 aromatic heterocycles. The second-order valence-corrected chi connectivity index (χ2v) is 6.58. The van der Waals surface area contributed by atoms with Gasteiger partial charge in [-0.15, -0.1) is 0 Å². The van der Waals surface area contributed by atoms with Crippen molar-refractivity contribution in [1.82, 2.24) is 4.72 Å². The third-order valence-corrected chi connectivity index (χ3v) is 4.48. The fraction of sp³-hybridized carbons (Fsp3) is 0.385. The number of thioether (sulfide) groups is 1. The van der Waals surface area contributed by atoms with Gasteiger partial charge in [0.25, 0.3) is 0 Å². The maximum absolute atomic E-state index is 12.0. The summed E-state index contributed by atoms with van der Waals surface area (Å²) >= 11 is 1.58. The van der Waals surface area contributed by atoms with Gasteiger partial charge in [0.05, 0.1) is 4.90 Å². The highest BCUT2D eigenvalue weighted by molar-refractivity contribution is 7.98. The molecule has 6 heteroatoms. The van der Waals surface area contributed by atoms with Gasteiger partial charge in [0.2, 0.25) is 10.0 Å². The molecule has 0 spiro atoms. The molecule has 1 aromatic rings. The highest BCUT2D eigenvalue weighted by Crippen LogP contribution is 2.14. The molecule has 0 unspecified atom stereocenters. The van der Waals surface area contributed by atoms with Gasteiger partial charge in [-0.1, -0.05) is 11.8 Å². The molecule has 1 aromatic carbocycles. The highest BCUT2D eigenvalue weighted by Gasteiger charge is 2.13. The van der Waals surface area contributed by atoms with Crippen molar-refractivity contribution in [1.29, 1.82) is 0 Å². The molecule has 0 amide bonds. The summed E-state index contributed by atoms with van der Waals surface area (Å²) in [5.74, 6) is 6.05. The van der Waals surface area contributed by atoms with Crippen LogP contribution in [0.25, 0.3) is 0 Å². The molecule has 2 N–H and O–H groups in total. The van der Waals surface area contributed by atoms with E-state index in [4.69, 9.17) is 5.11 Å². The zero-order chi connectivity index (χ0) is 14.3. The Bertz CT molecular complexity index is 586. The van der Waals surface area contributed by atoms with Crippen molar-refractivity contribution in [3.63, 3.8) is 0 Å². The van der Waals surface area contributed by atoms with Crippen LogP contribution in [-0.2, 0) is 10.0 Å². The van der Waals surface area contributed by atoms with Crippen LogP contribution in [0.2, 0.25) is 0 Å². The lowest BCUT2D eigenvalue weighted by Crippen LogP contribution is -2.26. The van der Waals surface area contributed by atoms with Crippen molar-refractivity contribution in [3.8, 4) is 11.8 Å². The van der Waals surface area contributed by atoms with Gasteiger partial charge in [0, 0.05) is 17.9 Å². The van der Waals surface area contributed by atoms with Crippen molar-refractivity contribution < 1.29 is 13.5 Å². The number of nitrogens with one attached hydrogen (secondary N) is 1. The van der Waals surface area contributed by atoms with Crippen LogP contribution >= 0.6 is 11.8 Å². The van der Waals surface area contributed by atoms with Gasteiger partial charge in [0.1, 0.15) is 6.61 Å². The van der Waals surface area contributed by atoms with E-state index in [1.165, 1.54) is 6.07 Å². The summed E-state index contributed by atoms with van der Waals surface area (Å²) in [7, 11) is -3.45. The Hall–Kier alpha value is -1.00. The monoisotopic (exact) mass is 299 g/mol. The molecule has 4 nitrogen and oxygen atoms in total. The predicted molar refractivity (Wildman–Crippen MR) is 78.7 cm³/mol. The quantitative estimate of drug-likeness (QED) is 0.628. The molecule has 0 atom stereocenters. The average Bonchev–Trinajstić information content (AvgIpc) is 2.37. The topological polar surface area (TPSA) is 66.4 Å². The number of aliphatic hydroxyl groups is 1. The summed E-state index contributed by atoms with van der Waals surface area (Å²) in [6.07, 6.45) is 1.92. The Morgan fingerprint density at radius 3 is 2.74 bits per heavy atom. The zero-order valence-corrected chi connectivity index (χ0v) is 12.6. The molecule has 0 heterocycles. The summed E-state index contributed by atoms with van der Waals surface area (Å²) in [4.78, 5) is 0.237. The molecule has 0 radical (unpaired) electrons. The van der Waals surface area contributed by atoms with Crippen LogP contribution in [0.5, 0.6) is 0 Å². The largest absolute Gasteiger partial charge is 0.384 e. The number of aliphatic hydroxyl groups excluding tert-OH is 1. The number of hydrogen-bond acceptors (Lipinski definition) is 4. The van der Waals surface area contributed by atoms with Crippen molar-refractivity contribution in [2.24, 2.45) is 0 Å². The number of hydrogen-bond donors (Lipinski definition) is 2. The Balaban J connectivity index is 2.94. The standard InChI is InChI=1S/C13H17NO3S2/c1-11-10-13(6-5-12(11)4-3-8-15)19(16,17)14-7-9-18-2/h5-6,10,14-15H,7-9H2,1-2H3. The smallest absolute Gasteiger partial charge is 0.240 e. The molecule has 1 rings (SSSR count). The molecule has 0 saturated carbocycles. The maximum atomic E-state index is 12.0. The number of benzene rings is 1. The predicted octanol–water partition coefficient (Wildman–Crippen LogP) is 0.980. The normalized spacial score (nSPS) is 10.9. The number of rotatable bonds is 5. The van der Waals surface area contributed by atoms with Crippen LogP contribution in [0.3, 0.4) is 0 Å². The Morgan fingerprint density at radius 1 is 1.42 bits per heavy atom. The van der Waals surface area contributed by atoms with Gasteiger partial charge in [-0.3, -0.25) is 0 Å². The first-order valence-corrected chi connectivity index (χ1v) is 8.58.